The van der Waals surface area contributed by atoms with Gasteiger partial charge in [-0.25, -0.2) is 0 Å². The Balaban J connectivity index is 2.31. The Hall–Kier alpha value is -1.46. The van der Waals surface area contributed by atoms with Crippen LogP contribution in [0.25, 0.3) is 0 Å². The number of aryl methyl sites for hydroxylation is 2. The van der Waals surface area contributed by atoms with Crippen molar-refractivity contribution >= 4 is 18.0 Å². The molecule has 0 aliphatic rings. The number of allylic oxidation sites excluding steroid dienone is 1. The van der Waals surface area contributed by atoms with Crippen LogP contribution in [0, 0.1) is 13.8 Å². The summed E-state index contributed by atoms with van der Waals surface area (Å²) in [5, 5.41) is 3.62. The van der Waals surface area contributed by atoms with Gasteiger partial charge in [0.05, 0.1) is 19.4 Å². The predicted octanol–water partition coefficient (Wildman–Crippen LogP) is 4.78. The van der Waals surface area contributed by atoms with Crippen LogP contribution in [0.1, 0.15) is 30.9 Å². The van der Waals surface area contributed by atoms with E-state index in [1.165, 1.54) is 23.1 Å². The standard InChI is InChI=1S/C19H29NO3S/c1-5-6-13-24-18-14-16(2)19(17(3)15-18)23-11-8-7-10-22-12-9-20-21-4/h5-6,9,14-15H,7-8,10-13H2,1-4H3/b6-5+,20-9+. The summed E-state index contributed by atoms with van der Waals surface area (Å²) in [5.74, 6) is 2.02. The molecular formula is C19H29NO3S. The van der Waals surface area contributed by atoms with Crippen molar-refractivity contribution < 1.29 is 14.3 Å². The van der Waals surface area contributed by atoms with E-state index in [1.807, 2.05) is 18.7 Å². The molecule has 0 bridgehead atoms. The Labute approximate surface area is 150 Å². The van der Waals surface area contributed by atoms with E-state index in [-0.39, 0.29) is 0 Å². The Bertz CT molecular complexity index is 506. The second kappa shape index (κ2) is 12.9. The molecule has 0 amide bonds. The van der Waals surface area contributed by atoms with Crippen LogP contribution >= 0.6 is 11.8 Å². The van der Waals surface area contributed by atoms with Crippen molar-refractivity contribution in [1.82, 2.24) is 0 Å². The first-order valence-electron chi connectivity index (χ1n) is 8.29. The molecule has 0 aliphatic heterocycles. The molecule has 0 atom stereocenters. The highest BCUT2D eigenvalue weighted by Gasteiger charge is 2.06. The van der Waals surface area contributed by atoms with Gasteiger partial charge >= 0.3 is 0 Å². The maximum atomic E-state index is 5.97. The summed E-state index contributed by atoms with van der Waals surface area (Å²) in [6.45, 7) is 8.17. The molecule has 4 nitrogen and oxygen atoms in total. The summed E-state index contributed by atoms with van der Waals surface area (Å²) in [4.78, 5) is 5.85. The topological polar surface area (TPSA) is 40.0 Å². The summed E-state index contributed by atoms with van der Waals surface area (Å²) in [7, 11) is 1.52. The first-order chi connectivity index (χ1) is 11.7. The van der Waals surface area contributed by atoms with Crippen LogP contribution in [0.4, 0.5) is 0 Å². The van der Waals surface area contributed by atoms with Gasteiger partial charge in [-0.15, -0.1) is 11.8 Å². The third kappa shape index (κ3) is 8.41. The zero-order valence-electron chi connectivity index (χ0n) is 15.2. The third-order valence-electron chi connectivity index (χ3n) is 3.32. The Morgan fingerprint density at radius 3 is 2.50 bits per heavy atom. The number of rotatable bonds is 12. The van der Waals surface area contributed by atoms with Gasteiger partial charge in [-0.2, -0.15) is 0 Å². The van der Waals surface area contributed by atoms with Gasteiger partial charge in [0.25, 0.3) is 0 Å². The lowest BCUT2D eigenvalue weighted by molar-refractivity contribution is 0.157. The molecule has 0 fully saturated rings. The molecule has 0 unspecified atom stereocenters. The van der Waals surface area contributed by atoms with Gasteiger partial charge in [0.15, 0.2) is 0 Å². The minimum absolute atomic E-state index is 0.485. The third-order valence-corrected chi connectivity index (χ3v) is 4.25. The minimum atomic E-state index is 0.485. The molecule has 0 aliphatic carbocycles. The monoisotopic (exact) mass is 351 g/mol. The lowest BCUT2D eigenvalue weighted by Crippen LogP contribution is -2.04. The summed E-state index contributed by atoms with van der Waals surface area (Å²) in [6, 6.07) is 4.41. The Morgan fingerprint density at radius 1 is 1.12 bits per heavy atom. The summed E-state index contributed by atoms with van der Waals surface area (Å²) in [6.07, 6.45) is 7.80. The summed E-state index contributed by atoms with van der Waals surface area (Å²) in [5.41, 5.74) is 2.40. The first-order valence-corrected chi connectivity index (χ1v) is 9.28. The number of oxime groups is 1. The average molecular weight is 352 g/mol. The molecule has 0 radical (unpaired) electrons. The fraction of sp³-hybridized carbons (Fsp3) is 0.526. The molecule has 5 heteroatoms. The van der Waals surface area contributed by atoms with Gasteiger partial charge in [0.1, 0.15) is 12.9 Å². The second-order valence-electron chi connectivity index (χ2n) is 5.37. The SMILES string of the molecule is C/C=C/CSc1cc(C)c(OCCCCOC/C=N/OC)c(C)c1. The van der Waals surface area contributed by atoms with Crippen LogP contribution in [-0.4, -0.2) is 38.9 Å². The van der Waals surface area contributed by atoms with E-state index in [0.29, 0.717) is 19.8 Å². The van der Waals surface area contributed by atoms with Gasteiger partial charge < -0.3 is 14.3 Å². The van der Waals surface area contributed by atoms with Crippen LogP contribution in [-0.2, 0) is 9.57 Å². The zero-order valence-corrected chi connectivity index (χ0v) is 16.0. The normalized spacial score (nSPS) is 11.5. The number of hydrogen-bond acceptors (Lipinski definition) is 5. The van der Waals surface area contributed by atoms with Crippen molar-refractivity contribution in [1.29, 1.82) is 0 Å². The highest BCUT2D eigenvalue weighted by Crippen LogP contribution is 2.29. The van der Waals surface area contributed by atoms with Gasteiger partial charge in [-0.3, -0.25) is 0 Å². The zero-order chi connectivity index (χ0) is 17.6. The quantitative estimate of drug-likeness (QED) is 0.179. The van der Waals surface area contributed by atoms with Crippen LogP contribution in [0.15, 0.2) is 34.3 Å². The van der Waals surface area contributed by atoms with E-state index in [2.05, 4.69) is 48.1 Å². The van der Waals surface area contributed by atoms with Crippen LogP contribution in [0.3, 0.4) is 0 Å². The maximum Gasteiger partial charge on any atom is 0.125 e. The fourth-order valence-electron chi connectivity index (χ4n) is 2.18. The molecule has 0 saturated heterocycles. The van der Waals surface area contributed by atoms with Crippen molar-refractivity contribution in [3.05, 3.63) is 35.4 Å². The molecular weight excluding hydrogens is 322 g/mol. The number of thioether (sulfide) groups is 1. The highest BCUT2D eigenvalue weighted by atomic mass is 32.2. The van der Waals surface area contributed by atoms with Crippen molar-refractivity contribution in [2.24, 2.45) is 5.16 Å². The van der Waals surface area contributed by atoms with E-state index in [9.17, 15) is 0 Å². The van der Waals surface area contributed by atoms with Gasteiger partial charge in [0, 0.05) is 17.3 Å². The van der Waals surface area contributed by atoms with E-state index >= 15 is 0 Å². The molecule has 0 aromatic heterocycles. The van der Waals surface area contributed by atoms with Crippen molar-refractivity contribution in [2.45, 2.75) is 38.5 Å². The fourth-order valence-corrected chi connectivity index (χ4v) is 3.18. The van der Waals surface area contributed by atoms with E-state index < -0.39 is 0 Å². The van der Waals surface area contributed by atoms with Crippen molar-refractivity contribution in [3.8, 4) is 5.75 Å². The second-order valence-corrected chi connectivity index (χ2v) is 6.46. The summed E-state index contributed by atoms with van der Waals surface area (Å²) >= 11 is 1.85. The predicted molar refractivity (Wildman–Crippen MR) is 103 cm³/mol. The average Bonchev–Trinajstić information content (AvgIpc) is 2.55. The maximum absolute atomic E-state index is 5.97. The van der Waals surface area contributed by atoms with Crippen molar-refractivity contribution in [2.75, 3.05) is 32.7 Å². The van der Waals surface area contributed by atoms with Crippen LogP contribution in [0.2, 0.25) is 0 Å². The van der Waals surface area contributed by atoms with Gasteiger partial charge in [-0.1, -0.05) is 17.3 Å². The number of ether oxygens (including phenoxy) is 2. The molecule has 1 aromatic rings. The van der Waals surface area contributed by atoms with Gasteiger partial charge in [-0.05, 0) is 56.9 Å². The lowest BCUT2D eigenvalue weighted by Gasteiger charge is -2.14. The molecule has 0 spiro atoms. The molecule has 1 aromatic carbocycles. The smallest absolute Gasteiger partial charge is 0.125 e. The molecule has 1 rings (SSSR count). The number of hydrogen-bond donors (Lipinski definition) is 0. The Morgan fingerprint density at radius 2 is 1.83 bits per heavy atom. The summed E-state index contributed by atoms with van der Waals surface area (Å²) < 4.78 is 11.4. The number of unbranched alkanes of at least 4 members (excludes halogenated alkanes) is 1. The molecule has 0 N–H and O–H groups in total. The highest BCUT2D eigenvalue weighted by molar-refractivity contribution is 7.99. The largest absolute Gasteiger partial charge is 0.493 e. The first kappa shape index (κ1) is 20.6. The van der Waals surface area contributed by atoms with E-state index in [1.54, 1.807) is 6.21 Å². The lowest BCUT2D eigenvalue weighted by atomic mass is 10.1. The van der Waals surface area contributed by atoms with Crippen LogP contribution < -0.4 is 4.74 Å². The molecule has 0 saturated carbocycles. The number of nitrogens with zero attached hydrogens (tertiary/aromatic N) is 1. The molecule has 134 valence electrons. The van der Waals surface area contributed by atoms with Crippen molar-refractivity contribution in [3.63, 3.8) is 0 Å². The van der Waals surface area contributed by atoms with E-state index in [0.717, 1.165) is 24.3 Å². The number of benzene rings is 1. The van der Waals surface area contributed by atoms with Gasteiger partial charge in [0.2, 0.25) is 0 Å². The minimum Gasteiger partial charge on any atom is -0.493 e. The molecule has 0 heterocycles. The van der Waals surface area contributed by atoms with Crippen LogP contribution in [0.5, 0.6) is 5.75 Å². The molecule has 24 heavy (non-hydrogen) atoms. The Kier molecular flexibility index (Phi) is 11.1. The van der Waals surface area contributed by atoms with E-state index in [4.69, 9.17) is 9.47 Å².